The molecule has 7 nitrogen and oxygen atoms in total. The van der Waals surface area contributed by atoms with E-state index in [9.17, 15) is 9.59 Å². The predicted molar refractivity (Wildman–Crippen MR) is 102 cm³/mol. The zero-order valence-corrected chi connectivity index (χ0v) is 16.2. The lowest BCUT2D eigenvalue weighted by Crippen LogP contribution is -2.41. The Hall–Kier alpha value is -2.12. The maximum absolute atomic E-state index is 12.2. The van der Waals surface area contributed by atoms with Crippen molar-refractivity contribution < 1.29 is 28.5 Å². The fourth-order valence-corrected chi connectivity index (χ4v) is 3.43. The minimum Gasteiger partial charge on any atom is -0.463 e. The number of nitrogens with zero attached hydrogens (tertiary/aromatic N) is 1. The van der Waals surface area contributed by atoms with Crippen LogP contribution in [-0.2, 0) is 30.3 Å². The number of benzene rings is 1. The van der Waals surface area contributed by atoms with Gasteiger partial charge >= 0.3 is 12.1 Å². The van der Waals surface area contributed by atoms with Crippen molar-refractivity contribution in [1.82, 2.24) is 4.90 Å². The molecule has 2 saturated heterocycles. The van der Waals surface area contributed by atoms with E-state index in [0.29, 0.717) is 32.5 Å². The molecule has 0 radical (unpaired) electrons. The molecule has 7 heteroatoms. The van der Waals surface area contributed by atoms with E-state index < -0.39 is 0 Å². The van der Waals surface area contributed by atoms with Crippen molar-refractivity contribution in [3.8, 4) is 0 Å². The normalized spacial score (nSPS) is 18.6. The van der Waals surface area contributed by atoms with Crippen LogP contribution in [0.3, 0.4) is 0 Å². The first-order valence-electron chi connectivity index (χ1n) is 10.0. The van der Waals surface area contributed by atoms with Gasteiger partial charge in [-0.05, 0) is 31.2 Å². The van der Waals surface area contributed by atoms with Crippen LogP contribution in [0.5, 0.6) is 0 Å². The van der Waals surface area contributed by atoms with Crippen LogP contribution >= 0.6 is 0 Å². The Balaban J connectivity index is 1.28. The fraction of sp³-hybridized carbons (Fsp3) is 0.619. The van der Waals surface area contributed by atoms with Crippen molar-refractivity contribution >= 4 is 12.1 Å². The van der Waals surface area contributed by atoms with Gasteiger partial charge in [-0.3, -0.25) is 4.79 Å². The van der Waals surface area contributed by atoms with Gasteiger partial charge in [0.2, 0.25) is 0 Å². The third-order valence-corrected chi connectivity index (χ3v) is 5.14. The maximum Gasteiger partial charge on any atom is 0.410 e. The summed E-state index contributed by atoms with van der Waals surface area (Å²) in [6, 6.07) is 9.58. The number of hydrogen-bond donors (Lipinski definition) is 0. The highest BCUT2D eigenvalue weighted by Crippen LogP contribution is 2.20. The third-order valence-electron chi connectivity index (χ3n) is 5.14. The summed E-state index contributed by atoms with van der Waals surface area (Å²) in [5.74, 6) is -0.367. The minimum atomic E-state index is -0.333. The number of esters is 1. The highest BCUT2D eigenvalue weighted by Gasteiger charge is 2.29. The van der Waals surface area contributed by atoms with Gasteiger partial charge in [0.15, 0.2) is 0 Å². The van der Waals surface area contributed by atoms with Crippen LogP contribution in [0.1, 0.15) is 31.2 Å². The molecule has 2 heterocycles. The summed E-state index contributed by atoms with van der Waals surface area (Å²) in [6.07, 6.45) is 2.86. The highest BCUT2D eigenvalue weighted by molar-refractivity contribution is 5.73. The van der Waals surface area contributed by atoms with Crippen molar-refractivity contribution in [3.63, 3.8) is 0 Å². The summed E-state index contributed by atoms with van der Waals surface area (Å²) >= 11 is 0. The van der Waals surface area contributed by atoms with E-state index in [4.69, 9.17) is 18.9 Å². The second kappa shape index (κ2) is 11.0. The Kier molecular flexibility index (Phi) is 8.11. The van der Waals surface area contributed by atoms with E-state index >= 15 is 0 Å². The van der Waals surface area contributed by atoms with E-state index in [1.165, 1.54) is 0 Å². The van der Waals surface area contributed by atoms with Gasteiger partial charge in [0.25, 0.3) is 0 Å². The lowest BCUT2D eigenvalue weighted by molar-refractivity contribution is -0.152. The monoisotopic (exact) mass is 391 g/mol. The summed E-state index contributed by atoms with van der Waals surface area (Å²) in [7, 11) is 0. The molecule has 2 aliphatic heterocycles. The van der Waals surface area contributed by atoms with Crippen molar-refractivity contribution in [2.75, 3.05) is 39.5 Å². The first-order valence-corrected chi connectivity index (χ1v) is 10.0. The topological polar surface area (TPSA) is 74.3 Å². The van der Waals surface area contributed by atoms with Gasteiger partial charge in [0.05, 0.1) is 18.6 Å². The molecule has 3 rings (SSSR count). The Morgan fingerprint density at radius 1 is 0.964 bits per heavy atom. The van der Waals surface area contributed by atoms with E-state index in [0.717, 1.165) is 31.6 Å². The summed E-state index contributed by atoms with van der Waals surface area (Å²) in [6.45, 7) is 3.43. The lowest BCUT2D eigenvalue weighted by atomic mass is 9.97. The van der Waals surface area contributed by atoms with E-state index in [1.54, 1.807) is 4.90 Å². The number of piperidine rings is 1. The smallest absolute Gasteiger partial charge is 0.410 e. The van der Waals surface area contributed by atoms with Crippen LogP contribution in [0.25, 0.3) is 0 Å². The number of amides is 1. The van der Waals surface area contributed by atoms with Crippen molar-refractivity contribution in [1.29, 1.82) is 0 Å². The van der Waals surface area contributed by atoms with Crippen LogP contribution in [0.4, 0.5) is 4.79 Å². The molecule has 2 fully saturated rings. The van der Waals surface area contributed by atoms with Gasteiger partial charge in [-0.1, -0.05) is 30.3 Å². The number of hydrogen-bond acceptors (Lipinski definition) is 6. The van der Waals surface area contributed by atoms with Crippen LogP contribution < -0.4 is 0 Å². The molecule has 0 N–H and O–H groups in total. The SMILES string of the molecule is O=C(OCCOC1CCOCC1)C1CCN(C(=O)OCc2ccccc2)CC1. The van der Waals surface area contributed by atoms with Gasteiger partial charge in [-0.15, -0.1) is 0 Å². The van der Waals surface area contributed by atoms with Crippen molar-refractivity contribution in [2.45, 2.75) is 38.4 Å². The van der Waals surface area contributed by atoms with E-state index in [1.807, 2.05) is 30.3 Å². The molecule has 154 valence electrons. The Morgan fingerprint density at radius 3 is 2.39 bits per heavy atom. The predicted octanol–water partition coefficient (Wildman–Crippen LogP) is 2.77. The molecule has 1 aromatic rings. The molecule has 0 saturated carbocycles. The first kappa shape index (κ1) is 20.6. The molecule has 2 aliphatic rings. The Bertz CT molecular complexity index is 609. The molecule has 0 aliphatic carbocycles. The molecule has 0 spiro atoms. The van der Waals surface area contributed by atoms with Gasteiger partial charge < -0.3 is 23.8 Å². The summed E-state index contributed by atoms with van der Waals surface area (Å²) in [5.41, 5.74) is 0.956. The Labute approximate surface area is 165 Å². The summed E-state index contributed by atoms with van der Waals surface area (Å²) in [5, 5.41) is 0. The van der Waals surface area contributed by atoms with Crippen LogP contribution in [0.15, 0.2) is 30.3 Å². The van der Waals surface area contributed by atoms with Crippen molar-refractivity contribution in [3.05, 3.63) is 35.9 Å². The van der Waals surface area contributed by atoms with E-state index in [2.05, 4.69) is 0 Å². The van der Waals surface area contributed by atoms with Crippen molar-refractivity contribution in [2.24, 2.45) is 5.92 Å². The van der Waals surface area contributed by atoms with Crippen LogP contribution in [0, 0.1) is 5.92 Å². The van der Waals surface area contributed by atoms with E-state index in [-0.39, 0.29) is 37.3 Å². The largest absolute Gasteiger partial charge is 0.463 e. The molecule has 0 bridgehead atoms. The summed E-state index contributed by atoms with van der Waals surface area (Å²) in [4.78, 5) is 26.0. The summed E-state index contributed by atoms with van der Waals surface area (Å²) < 4.78 is 21.7. The molecule has 1 amide bonds. The van der Waals surface area contributed by atoms with Gasteiger partial charge in [0.1, 0.15) is 13.2 Å². The average molecular weight is 391 g/mol. The first-order chi connectivity index (χ1) is 13.7. The number of carbonyl (C=O) groups is 2. The fourth-order valence-electron chi connectivity index (χ4n) is 3.43. The van der Waals surface area contributed by atoms with Gasteiger partial charge in [-0.2, -0.15) is 0 Å². The van der Waals surface area contributed by atoms with Crippen LogP contribution in [0.2, 0.25) is 0 Å². The average Bonchev–Trinajstić information content (AvgIpc) is 2.76. The Morgan fingerprint density at radius 2 is 1.68 bits per heavy atom. The zero-order valence-electron chi connectivity index (χ0n) is 16.2. The lowest BCUT2D eigenvalue weighted by Gasteiger charge is -2.30. The molecule has 0 atom stereocenters. The van der Waals surface area contributed by atoms with Crippen LogP contribution in [-0.4, -0.2) is 62.6 Å². The molecular formula is C21H29NO6. The quantitative estimate of drug-likeness (QED) is 0.526. The second-order valence-corrected chi connectivity index (χ2v) is 7.15. The number of ether oxygens (including phenoxy) is 4. The maximum atomic E-state index is 12.2. The number of rotatable bonds is 7. The van der Waals surface area contributed by atoms with Gasteiger partial charge in [0, 0.05) is 26.3 Å². The zero-order chi connectivity index (χ0) is 19.6. The van der Waals surface area contributed by atoms with Gasteiger partial charge in [-0.25, -0.2) is 4.79 Å². The molecular weight excluding hydrogens is 362 g/mol. The molecule has 28 heavy (non-hydrogen) atoms. The number of likely N-dealkylation sites (tertiary alicyclic amines) is 1. The molecule has 0 unspecified atom stereocenters. The highest BCUT2D eigenvalue weighted by atomic mass is 16.6. The molecule has 1 aromatic carbocycles. The standard InChI is InChI=1S/C21H29NO6/c23-20(27-15-14-26-19-8-12-25-13-9-19)18-6-10-22(11-7-18)21(24)28-16-17-4-2-1-3-5-17/h1-5,18-19H,6-16H2. The third kappa shape index (κ3) is 6.49. The second-order valence-electron chi connectivity index (χ2n) is 7.15. The minimum absolute atomic E-state index is 0.166. The number of carbonyl (C=O) groups excluding carboxylic acids is 2. The molecule has 0 aromatic heterocycles.